The zero-order valence-electron chi connectivity index (χ0n) is 14.4. The normalized spacial score (nSPS) is 18.6. The van der Waals surface area contributed by atoms with Crippen LogP contribution in [0.1, 0.15) is 62.3 Å². The SMILES string of the molecule is CC(C)(C)C1=CC(=O)C(C(C)(C)C)=C(C(C)(C)C)C1=O. The van der Waals surface area contributed by atoms with E-state index in [1.165, 1.54) is 0 Å². The van der Waals surface area contributed by atoms with Gasteiger partial charge in [-0.3, -0.25) is 9.59 Å². The van der Waals surface area contributed by atoms with Gasteiger partial charge in [0.05, 0.1) is 0 Å². The molecule has 0 heterocycles. The summed E-state index contributed by atoms with van der Waals surface area (Å²) in [6.45, 7) is 17.9. The van der Waals surface area contributed by atoms with Crippen LogP contribution in [0.2, 0.25) is 0 Å². The molecule has 0 bridgehead atoms. The van der Waals surface area contributed by atoms with Crippen molar-refractivity contribution < 1.29 is 9.59 Å². The molecule has 0 aromatic carbocycles. The molecular weight excluding hydrogens is 248 g/mol. The molecular formula is C18H28O2. The first-order chi connectivity index (χ1) is 8.67. The third-order valence-electron chi connectivity index (χ3n) is 3.55. The molecule has 0 aromatic heterocycles. The van der Waals surface area contributed by atoms with Crippen molar-refractivity contribution >= 4 is 11.6 Å². The molecule has 1 rings (SSSR count). The van der Waals surface area contributed by atoms with Gasteiger partial charge in [0.2, 0.25) is 0 Å². The van der Waals surface area contributed by atoms with Crippen molar-refractivity contribution in [2.75, 3.05) is 0 Å². The molecule has 20 heavy (non-hydrogen) atoms. The molecule has 0 aromatic rings. The summed E-state index contributed by atoms with van der Waals surface area (Å²) in [4.78, 5) is 25.6. The van der Waals surface area contributed by atoms with E-state index in [1.54, 1.807) is 6.08 Å². The second-order valence-corrected chi connectivity index (χ2v) is 8.75. The molecule has 2 heteroatoms. The molecule has 0 aliphatic heterocycles. The Kier molecular flexibility index (Phi) is 3.95. The Morgan fingerprint density at radius 1 is 0.650 bits per heavy atom. The Balaban J connectivity index is 3.64. The molecule has 0 unspecified atom stereocenters. The minimum atomic E-state index is -0.333. The number of ketones is 2. The van der Waals surface area contributed by atoms with Crippen LogP contribution in [0.15, 0.2) is 22.8 Å². The van der Waals surface area contributed by atoms with Gasteiger partial charge in [-0.1, -0.05) is 62.3 Å². The molecule has 0 saturated heterocycles. The quantitative estimate of drug-likeness (QED) is 0.610. The highest BCUT2D eigenvalue weighted by Crippen LogP contribution is 2.44. The van der Waals surface area contributed by atoms with Gasteiger partial charge in [-0.25, -0.2) is 0 Å². The van der Waals surface area contributed by atoms with Crippen LogP contribution in [0.3, 0.4) is 0 Å². The summed E-state index contributed by atoms with van der Waals surface area (Å²) in [5, 5.41) is 0. The standard InChI is InChI=1S/C18H28O2/c1-16(2,3)11-10-12(19)13(17(4,5)6)14(15(11)20)18(7,8)9/h10H,1-9H3. The predicted octanol–water partition coefficient (Wildman–Crippen LogP) is 4.50. The van der Waals surface area contributed by atoms with Crippen LogP contribution in [-0.4, -0.2) is 11.6 Å². The van der Waals surface area contributed by atoms with Gasteiger partial charge in [0.1, 0.15) is 0 Å². The third-order valence-corrected chi connectivity index (χ3v) is 3.55. The predicted molar refractivity (Wildman–Crippen MR) is 83.5 cm³/mol. The van der Waals surface area contributed by atoms with Gasteiger partial charge in [-0.2, -0.15) is 0 Å². The molecule has 0 N–H and O–H groups in total. The maximum atomic E-state index is 12.9. The Bertz CT molecular complexity index is 509. The fourth-order valence-electron chi connectivity index (χ4n) is 2.66. The number of Topliss-reactive ketones (excluding diaryl/α,β-unsaturated/α-hetero) is 1. The van der Waals surface area contributed by atoms with Crippen LogP contribution in [0.5, 0.6) is 0 Å². The van der Waals surface area contributed by atoms with Crippen molar-refractivity contribution in [1.82, 2.24) is 0 Å². The number of carbonyl (C=O) groups excluding carboxylic acids is 2. The highest BCUT2D eigenvalue weighted by atomic mass is 16.1. The van der Waals surface area contributed by atoms with Gasteiger partial charge in [0, 0.05) is 16.7 Å². The molecule has 0 atom stereocenters. The molecule has 0 radical (unpaired) electrons. The lowest BCUT2D eigenvalue weighted by atomic mass is 9.65. The molecule has 112 valence electrons. The lowest BCUT2D eigenvalue weighted by molar-refractivity contribution is -0.118. The smallest absolute Gasteiger partial charge is 0.186 e. The van der Waals surface area contributed by atoms with Gasteiger partial charge in [-0.05, 0) is 22.3 Å². The maximum Gasteiger partial charge on any atom is 0.186 e. The molecule has 0 amide bonds. The first-order valence-corrected chi connectivity index (χ1v) is 7.24. The van der Waals surface area contributed by atoms with Crippen LogP contribution in [0.4, 0.5) is 0 Å². The lowest BCUT2D eigenvalue weighted by Gasteiger charge is -2.36. The molecule has 1 aliphatic carbocycles. The summed E-state index contributed by atoms with van der Waals surface area (Å²) in [5.74, 6) is 0.0291. The van der Waals surface area contributed by atoms with E-state index in [0.717, 1.165) is 0 Å². The Morgan fingerprint density at radius 3 is 1.35 bits per heavy atom. The summed E-state index contributed by atoms with van der Waals surface area (Å²) in [7, 11) is 0. The molecule has 0 spiro atoms. The minimum absolute atomic E-state index is 0.00745. The maximum absolute atomic E-state index is 12.9. The number of rotatable bonds is 0. The second kappa shape index (κ2) is 4.68. The van der Waals surface area contributed by atoms with Crippen molar-refractivity contribution in [3.8, 4) is 0 Å². The summed E-state index contributed by atoms with van der Waals surface area (Å²) in [6, 6.07) is 0. The van der Waals surface area contributed by atoms with Crippen LogP contribution >= 0.6 is 0 Å². The van der Waals surface area contributed by atoms with Crippen LogP contribution in [0.25, 0.3) is 0 Å². The van der Waals surface area contributed by atoms with E-state index in [1.807, 2.05) is 62.3 Å². The summed E-state index contributed by atoms with van der Waals surface area (Å²) >= 11 is 0. The largest absolute Gasteiger partial charge is 0.290 e. The number of hydrogen-bond donors (Lipinski definition) is 0. The highest BCUT2D eigenvalue weighted by molar-refractivity contribution is 6.24. The fraction of sp³-hybridized carbons (Fsp3) is 0.667. The molecule has 0 fully saturated rings. The summed E-state index contributed by atoms with van der Waals surface area (Å²) < 4.78 is 0. The zero-order valence-corrected chi connectivity index (χ0v) is 14.4. The fourth-order valence-corrected chi connectivity index (χ4v) is 2.66. The zero-order chi connectivity index (χ0) is 16.1. The lowest BCUT2D eigenvalue weighted by Crippen LogP contribution is -2.35. The molecule has 1 aliphatic rings. The molecule has 2 nitrogen and oxygen atoms in total. The summed E-state index contributed by atoms with van der Waals surface area (Å²) in [5.41, 5.74) is 1.01. The average molecular weight is 276 g/mol. The number of hydrogen-bond acceptors (Lipinski definition) is 2. The highest BCUT2D eigenvalue weighted by Gasteiger charge is 2.41. The Hall–Kier alpha value is -1.18. The minimum Gasteiger partial charge on any atom is -0.290 e. The first kappa shape index (κ1) is 16.9. The van der Waals surface area contributed by atoms with E-state index in [4.69, 9.17) is 0 Å². The van der Waals surface area contributed by atoms with Gasteiger partial charge in [0.15, 0.2) is 11.6 Å². The first-order valence-electron chi connectivity index (χ1n) is 7.24. The van der Waals surface area contributed by atoms with Crippen molar-refractivity contribution in [2.24, 2.45) is 16.2 Å². The Labute approximate surface area is 123 Å². The van der Waals surface area contributed by atoms with Gasteiger partial charge in [0.25, 0.3) is 0 Å². The third kappa shape index (κ3) is 3.11. The van der Waals surface area contributed by atoms with E-state index < -0.39 is 0 Å². The summed E-state index contributed by atoms with van der Waals surface area (Å²) in [6.07, 6.45) is 1.55. The number of allylic oxidation sites excluding steroid dienone is 4. The van der Waals surface area contributed by atoms with Crippen molar-refractivity contribution in [3.05, 3.63) is 22.8 Å². The van der Waals surface area contributed by atoms with Gasteiger partial charge < -0.3 is 0 Å². The van der Waals surface area contributed by atoms with E-state index in [2.05, 4.69) is 0 Å². The van der Waals surface area contributed by atoms with Crippen molar-refractivity contribution in [2.45, 2.75) is 62.3 Å². The topological polar surface area (TPSA) is 34.1 Å². The van der Waals surface area contributed by atoms with E-state index in [-0.39, 0.29) is 27.8 Å². The molecule has 0 saturated carbocycles. The van der Waals surface area contributed by atoms with E-state index in [0.29, 0.717) is 16.7 Å². The van der Waals surface area contributed by atoms with Crippen LogP contribution in [-0.2, 0) is 9.59 Å². The average Bonchev–Trinajstić information content (AvgIpc) is 2.14. The van der Waals surface area contributed by atoms with E-state index in [9.17, 15) is 9.59 Å². The Morgan fingerprint density at radius 2 is 1.05 bits per heavy atom. The van der Waals surface area contributed by atoms with Crippen molar-refractivity contribution in [1.29, 1.82) is 0 Å². The van der Waals surface area contributed by atoms with Gasteiger partial charge in [-0.15, -0.1) is 0 Å². The second-order valence-electron chi connectivity index (χ2n) is 8.75. The number of carbonyl (C=O) groups is 2. The van der Waals surface area contributed by atoms with Crippen LogP contribution in [0, 0.1) is 16.2 Å². The van der Waals surface area contributed by atoms with Crippen LogP contribution < -0.4 is 0 Å². The van der Waals surface area contributed by atoms with E-state index >= 15 is 0 Å². The monoisotopic (exact) mass is 276 g/mol. The van der Waals surface area contributed by atoms with Gasteiger partial charge >= 0.3 is 0 Å². The van der Waals surface area contributed by atoms with Crippen molar-refractivity contribution in [3.63, 3.8) is 0 Å².